The molecule has 1 N–H and O–H groups in total. The van der Waals surface area contributed by atoms with Crippen LogP contribution in [0.3, 0.4) is 0 Å². The number of anilines is 1. The van der Waals surface area contributed by atoms with Crippen molar-refractivity contribution in [1.82, 2.24) is 0 Å². The highest BCUT2D eigenvalue weighted by molar-refractivity contribution is 6.06. The van der Waals surface area contributed by atoms with Crippen LogP contribution in [0.5, 0.6) is 0 Å². The molecule has 0 saturated carbocycles. The van der Waals surface area contributed by atoms with Crippen molar-refractivity contribution in [3.05, 3.63) is 65.6 Å². The van der Waals surface area contributed by atoms with Gasteiger partial charge in [0.25, 0.3) is 11.7 Å². The van der Waals surface area contributed by atoms with Gasteiger partial charge in [0.05, 0.1) is 0 Å². The smallest absolute Gasteiger partial charge is 0.261 e. The van der Waals surface area contributed by atoms with Gasteiger partial charge in [0.2, 0.25) is 5.79 Å². The van der Waals surface area contributed by atoms with Crippen molar-refractivity contribution < 1.29 is 19.0 Å². The van der Waals surface area contributed by atoms with Crippen LogP contribution in [0, 0.1) is 21.7 Å². The SMILES string of the molecule is CC(C)(C)C1=C[C@@]2(C(C)(C)C)OC(C(C)(C)C)=C(C(=O)Nc3ccc4ccccc4c3)[C@@](C(C)(C)C)(O1)O2. The molecule has 0 fully saturated rings. The summed E-state index contributed by atoms with van der Waals surface area (Å²) in [5.74, 6) is -1.48. The number of fused-ring (bicyclic) bond motifs is 3. The molecular weight excluding hydrogens is 474 g/mol. The van der Waals surface area contributed by atoms with Crippen molar-refractivity contribution in [2.24, 2.45) is 21.7 Å². The zero-order valence-electron chi connectivity index (χ0n) is 25.3. The molecule has 0 aliphatic carbocycles. The first-order chi connectivity index (χ1) is 17.2. The minimum atomic E-state index is -1.39. The maximum absolute atomic E-state index is 14.4. The van der Waals surface area contributed by atoms with Crippen molar-refractivity contribution in [2.75, 3.05) is 5.32 Å². The number of nitrogens with one attached hydrogen (secondary N) is 1. The maximum atomic E-state index is 14.4. The molecular formula is C33H45NO4. The Kier molecular flexibility index (Phi) is 6.39. The molecule has 2 aliphatic heterocycles. The van der Waals surface area contributed by atoms with Gasteiger partial charge in [-0.1, -0.05) is 113 Å². The number of ether oxygens (including phenoxy) is 3. The third kappa shape index (κ3) is 4.64. The molecule has 2 aromatic rings. The van der Waals surface area contributed by atoms with E-state index in [1.54, 1.807) is 0 Å². The first-order valence-corrected chi connectivity index (χ1v) is 13.6. The number of benzene rings is 2. The Hall–Kier alpha value is -2.79. The van der Waals surface area contributed by atoms with Crippen LogP contribution in [-0.2, 0) is 19.0 Å². The maximum Gasteiger partial charge on any atom is 0.261 e. The fourth-order valence-electron chi connectivity index (χ4n) is 4.94. The van der Waals surface area contributed by atoms with E-state index in [-0.39, 0.29) is 11.3 Å². The van der Waals surface area contributed by atoms with E-state index in [0.717, 1.165) is 16.5 Å². The summed E-state index contributed by atoms with van der Waals surface area (Å²) in [5.41, 5.74) is -0.831. The molecule has 2 aromatic carbocycles. The van der Waals surface area contributed by atoms with Gasteiger partial charge >= 0.3 is 0 Å². The summed E-state index contributed by atoms with van der Waals surface area (Å²) < 4.78 is 20.8. The van der Waals surface area contributed by atoms with Crippen LogP contribution in [0.1, 0.15) is 83.1 Å². The van der Waals surface area contributed by atoms with Gasteiger partial charge in [-0.3, -0.25) is 9.53 Å². The molecule has 5 nitrogen and oxygen atoms in total. The highest BCUT2D eigenvalue weighted by atomic mass is 16.8. The molecule has 4 rings (SSSR count). The molecule has 2 heterocycles. The van der Waals surface area contributed by atoms with Crippen LogP contribution in [0.15, 0.2) is 65.6 Å². The minimum Gasteiger partial charge on any atom is -0.461 e. The van der Waals surface area contributed by atoms with Gasteiger partial charge in [0.1, 0.15) is 17.1 Å². The third-order valence-corrected chi connectivity index (χ3v) is 7.37. The summed E-state index contributed by atoms with van der Waals surface area (Å²) in [6.45, 7) is 25.0. The monoisotopic (exact) mass is 519 g/mol. The van der Waals surface area contributed by atoms with Crippen LogP contribution in [-0.4, -0.2) is 17.5 Å². The van der Waals surface area contributed by atoms with E-state index in [9.17, 15) is 4.79 Å². The van der Waals surface area contributed by atoms with E-state index in [2.05, 4.69) is 94.5 Å². The Morgan fingerprint density at radius 3 is 1.87 bits per heavy atom. The van der Waals surface area contributed by atoms with Crippen LogP contribution in [0.25, 0.3) is 10.8 Å². The van der Waals surface area contributed by atoms with E-state index in [0.29, 0.717) is 17.0 Å². The van der Waals surface area contributed by atoms with Gasteiger partial charge in [-0.05, 0) is 22.9 Å². The second-order valence-corrected chi connectivity index (χ2v) is 14.8. The Morgan fingerprint density at radius 2 is 1.34 bits per heavy atom. The molecule has 0 aromatic heterocycles. The van der Waals surface area contributed by atoms with E-state index in [1.165, 1.54) is 0 Å². The Labute approximate surface area is 228 Å². The van der Waals surface area contributed by atoms with Crippen LogP contribution >= 0.6 is 0 Å². The number of hydrogen-bond donors (Lipinski definition) is 1. The minimum absolute atomic E-state index is 0.294. The van der Waals surface area contributed by atoms with Crippen molar-refractivity contribution in [3.63, 3.8) is 0 Å². The molecule has 0 spiro atoms. The van der Waals surface area contributed by atoms with Gasteiger partial charge in [0.15, 0.2) is 0 Å². The van der Waals surface area contributed by atoms with Crippen LogP contribution in [0.2, 0.25) is 0 Å². The fraction of sp³-hybridized carbons (Fsp3) is 0.545. The van der Waals surface area contributed by atoms with Crippen molar-refractivity contribution in [2.45, 2.75) is 94.7 Å². The fourth-order valence-corrected chi connectivity index (χ4v) is 4.94. The predicted molar refractivity (Wildman–Crippen MR) is 154 cm³/mol. The topological polar surface area (TPSA) is 56.8 Å². The molecule has 206 valence electrons. The Morgan fingerprint density at radius 1 is 0.737 bits per heavy atom. The van der Waals surface area contributed by atoms with Crippen molar-refractivity contribution in [3.8, 4) is 0 Å². The molecule has 5 heteroatoms. The largest absolute Gasteiger partial charge is 0.461 e. The molecule has 0 saturated heterocycles. The first-order valence-electron chi connectivity index (χ1n) is 13.6. The molecule has 1 amide bonds. The van der Waals surface area contributed by atoms with Gasteiger partial charge in [-0.2, -0.15) is 0 Å². The number of carbonyl (C=O) groups is 1. The number of hydrogen-bond acceptors (Lipinski definition) is 4. The van der Waals surface area contributed by atoms with Gasteiger partial charge in [-0.25, -0.2) is 0 Å². The molecule has 2 bridgehead atoms. The van der Waals surface area contributed by atoms with Crippen molar-refractivity contribution >= 4 is 22.4 Å². The Bertz CT molecular complexity index is 1320. The zero-order valence-corrected chi connectivity index (χ0v) is 25.3. The lowest BCUT2D eigenvalue weighted by Gasteiger charge is -2.60. The third-order valence-electron chi connectivity index (χ3n) is 7.37. The van der Waals surface area contributed by atoms with Gasteiger partial charge in [-0.15, -0.1) is 0 Å². The molecule has 0 unspecified atom stereocenters. The first kappa shape index (κ1) is 28.2. The summed E-state index contributed by atoms with van der Waals surface area (Å²) in [6.07, 6.45) is 1.99. The highest BCUT2D eigenvalue weighted by Gasteiger charge is 2.67. The highest BCUT2D eigenvalue weighted by Crippen LogP contribution is 2.60. The zero-order chi connectivity index (χ0) is 28.5. The number of carbonyl (C=O) groups excluding carboxylic acids is 1. The average Bonchev–Trinajstić information content (AvgIpc) is 2.75. The summed E-state index contributed by atoms with van der Waals surface area (Å²) in [6, 6.07) is 14.0. The lowest BCUT2D eigenvalue weighted by Crippen LogP contribution is -2.67. The number of allylic oxidation sites excluding steroid dienone is 2. The normalized spacial score (nSPS) is 24.5. The van der Waals surface area contributed by atoms with Gasteiger partial charge in [0, 0.05) is 33.4 Å². The van der Waals surface area contributed by atoms with E-state index in [1.807, 2.05) is 42.5 Å². The number of rotatable bonds is 2. The van der Waals surface area contributed by atoms with E-state index >= 15 is 0 Å². The lowest BCUT2D eigenvalue weighted by molar-refractivity contribution is -0.398. The van der Waals surface area contributed by atoms with E-state index < -0.39 is 27.8 Å². The van der Waals surface area contributed by atoms with Gasteiger partial charge < -0.3 is 14.8 Å². The van der Waals surface area contributed by atoms with Crippen LogP contribution in [0.4, 0.5) is 5.69 Å². The van der Waals surface area contributed by atoms with Crippen molar-refractivity contribution in [1.29, 1.82) is 0 Å². The quantitative estimate of drug-likeness (QED) is 0.432. The average molecular weight is 520 g/mol. The predicted octanol–water partition coefficient (Wildman–Crippen LogP) is 8.57. The molecule has 0 radical (unpaired) electrons. The van der Waals surface area contributed by atoms with E-state index in [4.69, 9.17) is 14.2 Å². The summed E-state index contributed by atoms with van der Waals surface area (Å²) in [4.78, 5) is 14.4. The Balaban J connectivity index is 1.97. The second kappa shape index (κ2) is 8.61. The second-order valence-electron chi connectivity index (χ2n) is 14.8. The molecule has 2 atom stereocenters. The lowest BCUT2D eigenvalue weighted by atomic mass is 9.71. The molecule has 38 heavy (non-hydrogen) atoms. The molecule has 2 aliphatic rings. The number of amides is 1. The standard InChI is InChI=1S/C33H45NO4/c1-28(2,3)24-20-32(30(7,8)9)37-26(29(4,5)6)25(33(36-24,38-32)31(10,11)12)27(35)34-23-18-17-21-15-13-14-16-22(21)19-23/h13-20H,1-12H3,(H,34,35)/t32-,33-/m1/s1. The summed E-state index contributed by atoms with van der Waals surface area (Å²) in [7, 11) is 0. The summed E-state index contributed by atoms with van der Waals surface area (Å²) >= 11 is 0. The van der Waals surface area contributed by atoms with Crippen LogP contribution < -0.4 is 5.32 Å². The summed E-state index contributed by atoms with van der Waals surface area (Å²) in [5, 5.41) is 5.32.